The largest absolute Gasteiger partial charge is 0.315 e. The average Bonchev–Trinajstić information content (AvgIpc) is 2.65. The van der Waals surface area contributed by atoms with E-state index in [2.05, 4.69) is 25.5 Å². The van der Waals surface area contributed by atoms with Crippen LogP contribution in [-0.2, 0) is 0 Å². The van der Waals surface area contributed by atoms with Crippen molar-refractivity contribution >= 4 is 27.0 Å². The van der Waals surface area contributed by atoms with Crippen molar-refractivity contribution in [2.45, 2.75) is 38.1 Å². The molecule has 4 heteroatoms. The minimum atomic E-state index is -0.193. The third kappa shape index (κ3) is 1.99. The molecule has 0 unspecified atom stereocenters. The van der Waals surface area contributed by atoms with Crippen LogP contribution in [0.2, 0.25) is 0 Å². The van der Waals surface area contributed by atoms with E-state index in [1.807, 2.05) is 0 Å². The molecule has 1 fully saturated rings. The Morgan fingerprint density at radius 2 is 2.00 bits per heavy atom. The molecule has 0 aliphatic heterocycles. The molecule has 2 nitrogen and oxygen atoms in total. The van der Waals surface area contributed by atoms with Gasteiger partial charge < -0.3 is 4.57 Å². The Bertz CT molecular complexity index is 544. The Balaban J connectivity index is 2.13. The van der Waals surface area contributed by atoms with Gasteiger partial charge in [-0.25, -0.2) is 9.37 Å². The van der Waals surface area contributed by atoms with E-state index in [9.17, 15) is 4.39 Å². The van der Waals surface area contributed by atoms with E-state index < -0.39 is 0 Å². The van der Waals surface area contributed by atoms with Crippen molar-refractivity contribution < 1.29 is 4.39 Å². The lowest BCUT2D eigenvalue weighted by atomic mass is 9.95. The topological polar surface area (TPSA) is 17.8 Å². The molecule has 1 saturated carbocycles. The van der Waals surface area contributed by atoms with Gasteiger partial charge in [0, 0.05) is 6.04 Å². The highest BCUT2D eigenvalue weighted by Gasteiger charge is 2.20. The number of rotatable bonds is 1. The van der Waals surface area contributed by atoms with Crippen molar-refractivity contribution in [3.63, 3.8) is 0 Å². The summed E-state index contributed by atoms with van der Waals surface area (Å²) in [5.74, 6) is -0.193. The number of hydrogen-bond donors (Lipinski definition) is 0. The van der Waals surface area contributed by atoms with Crippen LogP contribution in [0.25, 0.3) is 11.0 Å². The van der Waals surface area contributed by atoms with Gasteiger partial charge in [-0.05, 0) is 47.0 Å². The summed E-state index contributed by atoms with van der Waals surface area (Å²) in [5.41, 5.74) is 1.77. The molecule has 1 aromatic heterocycles. The fraction of sp³-hybridized carbons (Fsp3) is 0.462. The Hall–Kier alpha value is -0.900. The number of aromatic nitrogens is 2. The zero-order valence-corrected chi connectivity index (χ0v) is 11.1. The summed E-state index contributed by atoms with van der Waals surface area (Å²) in [6, 6.07) is 5.26. The van der Waals surface area contributed by atoms with Gasteiger partial charge in [-0.2, -0.15) is 0 Å². The number of nitrogens with zero attached hydrogens (tertiary/aromatic N) is 2. The molecule has 1 aromatic carbocycles. The lowest BCUT2D eigenvalue weighted by molar-refractivity contribution is 0.355. The molecule has 0 N–H and O–H groups in total. The van der Waals surface area contributed by atoms with Gasteiger partial charge >= 0.3 is 0 Å². The fourth-order valence-corrected chi connectivity index (χ4v) is 3.39. The van der Waals surface area contributed by atoms with Gasteiger partial charge in [-0.15, -0.1) is 0 Å². The maximum Gasteiger partial charge on any atom is 0.178 e. The van der Waals surface area contributed by atoms with Gasteiger partial charge in [-0.1, -0.05) is 19.3 Å². The summed E-state index contributed by atoms with van der Waals surface area (Å²) in [5, 5.41) is 0. The molecule has 0 amide bonds. The Kier molecular flexibility index (Phi) is 2.90. The summed E-state index contributed by atoms with van der Waals surface area (Å²) in [7, 11) is 0. The molecule has 0 atom stereocenters. The van der Waals surface area contributed by atoms with E-state index in [1.54, 1.807) is 12.1 Å². The molecule has 0 radical (unpaired) electrons. The number of benzene rings is 1. The third-order valence-corrected chi connectivity index (χ3v) is 4.11. The summed E-state index contributed by atoms with van der Waals surface area (Å²) >= 11 is 3.50. The normalized spacial score (nSPS) is 17.8. The lowest BCUT2D eigenvalue weighted by Crippen LogP contribution is -2.12. The highest BCUT2D eigenvalue weighted by Crippen LogP contribution is 2.34. The first kappa shape index (κ1) is 11.2. The molecular weight excluding hydrogens is 283 g/mol. The Morgan fingerprint density at radius 1 is 1.24 bits per heavy atom. The Morgan fingerprint density at radius 3 is 2.76 bits per heavy atom. The molecule has 0 bridgehead atoms. The van der Waals surface area contributed by atoms with Crippen LogP contribution in [0, 0.1) is 5.82 Å². The predicted molar refractivity (Wildman–Crippen MR) is 69.5 cm³/mol. The zero-order valence-electron chi connectivity index (χ0n) is 9.50. The second kappa shape index (κ2) is 4.41. The monoisotopic (exact) mass is 296 g/mol. The maximum atomic E-state index is 13.3. The second-order valence-corrected chi connectivity index (χ2v) is 5.38. The molecule has 1 heterocycles. The SMILES string of the molecule is Fc1ccc2nc(Br)n(C3CCCCC3)c2c1. The van der Waals surface area contributed by atoms with Crippen molar-refractivity contribution in [3.05, 3.63) is 28.7 Å². The number of halogens is 2. The summed E-state index contributed by atoms with van der Waals surface area (Å²) in [6.45, 7) is 0. The van der Waals surface area contributed by atoms with Gasteiger partial charge in [-0.3, -0.25) is 0 Å². The van der Waals surface area contributed by atoms with E-state index in [4.69, 9.17) is 0 Å². The van der Waals surface area contributed by atoms with Gasteiger partial charge in [0.05, 0.1) is 11.0 Å². The van der Waals surface area contributed by atoms with Crippen LogP contribution < -0.4 is 0 Å². The van der Waals surface area contributed by atoms with Gasteiger partial charge in [0.15, 0.2) is 4.73 Å². The smallest absolute Gasteiger partial charge is 0.178 e. The number of fused-ring (bicyclic) bond motifs is 1. The molecular formula is C13H14BrFN2. The van der Waals surface area contributed by atoms with E-state index in [0.717, 1.165) is 15.8 Å². The molecule has 1 aliphatic rings. The average molecular weight is 297 g/mol. The van der Waals surface area contributed by atoms with Crippen molar-refractivity contribution in [3.8, 4) is 0 Å². The van der Waals surface area contributed by atoms with Crippen molar-refractivity contribution in [2.24, 2.45) is 0 Å². The Labute approximate surface area is 108 Å². The molecule has 0 saturated heterocycles. The van der Waals surface area contributed by atoms with Crippen LogP contribution in [-0.4, -0.2) is 9.55 Å². The number of hydrogen-bond acceptors (Lipinski definition) is 1. The van der Waals surface area contributed by atoms with E-state index in [0.29, 0.717) is 6.04 Å². The van der Waals surface area contributed by atoms with Crippen LogP contribution in [0.1, 0.15) is 38.1 Å². The molecule has 1 aliphatic carbocycles. The van der Waals surface area contributed by atoms with Crippen LogP contribution in [0.4, 0.5) is 4.39 Å². The van der Waals surface area contributed by atoms with Crippen molar-refractivity contribution in [1.82, 2.24) is 9.55 Å². The first-order valence-corrected chi connectivity index (χ1v) is 6.88. The van der Waals surface area contributed by atoms with E-state index >= 15 is 0 Å². The van der Waals surface area contributed by atoms with Crippen LogP contribution in [0.15, 0.2) is 22.9 Å². The summed E-state index contributed by atoms with van der Waals surface area (Å²) in [6.07, 6.45) is 6.16. The standard InChI is InChI=1S/C13H14BrFN2/c14-13-16-11-7-6-9(15)8-12(11)17(13)10-4-2-1-3-5-10/h6-8,10H,1-5H2. The molecule has 2 aromatic rings. The molecule has 90 valence electrons. The predicted octanol–water partition coefficient (Wildman–Crippen LogP) is 4.44. The minimum Gasteiger partial charge on any atom is -0.315 e. The van der Waals surface area contributed by atoms with E-state index in [-0.39, 0.29) is 5.82 Å². The third-order valence-electron chi connectivity index (χ3n) is 3.55. The zero-order chi connectivity index (χ0) is 11.8. The van der Waals surface area contributed by atoms with Crippen LogP contribution in [0.3, 0.4) is 0 Å². The summed E-state index contributed by atoms with van der Waals surface area (Å²) in [4.78, 5) is 4.44. The quantitative estimate of drug-likeness (QED) is 0.760. The highest BCUT2D eigenvalue weighted by molar-refractivity contribution is 9.10. The lowest BCUT2D eigenvalue weighted by Gasteiger charge is -2.24. The van der Waals surface area contributed by atoms with Gasteiger partial charge in [0.25, 0.3) is 0 Å². The fourth-order valence-electron chi connectivity index (χ4n) is 2.72. The van der Waals surface area contributed by atoms with Crippen LogP contribution in [0.5, 0.6) is 0 Å². The summed E-state index contributed by atoms with van der Waals surface area (Å²) < 4.78 is 16.3. The molecule has 0 spiro atoms. The molecule has 17 heavy (non-hydrogen) atoms. The van der Waals surface area contributed by atoms with Crippen molar-refractivity contribution in [1.29, 1.82) is 0 Å². The first-order chi connectivity index (χ1) is 8.25. The second-order valence-electron chi connectivity index (χ2n) is 4.68. The van der Waals surface area contributed by atoms with E-state index in [1.165, 1.54) is 38.2 Å². The molecule has 3 rings (SSSR count). The van der Waals surface area contributed by atoms with Crippen molar-refractivity contribution in [2.75, 3.05) is 0 Å². The maximum absolute atomic E-state index is 13.3. The minimum absolute atomic E-state index is 0.193. The van der Waals surface area contributed by atoms with Crippen LogP contribution >= 0.6 is 15.9 Å². The van der Waals surface area contributed by atoms with Gasteiger partial charge in [0.1, 0.15) is 5.82 Å². The van der Waals surface area contributed by atoms with Gasteiger partial charge in [0.2, 0.25) is 0 Å². The number of imidazole rings is 1. The highest BCUT2D eigenvalue weighted by atomic mass is 79.9. The first-order valence-electron chi connectivity index (χ1n) is 6.09.